The standard InChI is InChI=1S/C11H10F2S/c1-6-3-4-8(11(12)13)9-7(2)5-14-10(6)9/h3-5,11H,1-2H3. The first-order valence-electron chi connectivity index (χ1n) is 4.36. The maximum Gasteiger partial charge on any atom is 0.264 e. The van der Waals surface area contributed by atoms with Crippen LogP contribution in [0.25, 0.3) is 10.1 Å². The number of halogens is 2. The molecule has 0 spiro atoms. The van der Waals surface area contributed by atoms with E-state index < -0.39 is 6.43 Å². The van der Waals surface area contributed by atoms with Gasteiger partial charge >= 0.3 is 0 Å². The number of alkyl halides is 2. The fraction of sp³-hybridized carbons (Fsp3) is 0.273. The highest BCUT2D eigenvalue weighted by molar-refractivity contribution is 7.17. The zero-order chi connectivity index (χ0) is 10.3. The summed E-state index contributed by atoms with van der Waals surface area (Å²) in [6, 6.07) is 3.29. The van der Waals surface area contributed by atoms with Gasteiger partial charge in [-0.3, -0.25) is 0 Å². The van der Waals surface area contributed by atoms with E-state index in [2.05, 4.69) is 0 Å². The van der Waals surface area contributed by atoms with Crippen molar-refractivity contribution < 1.29 is 8.78 Å². The Morgan fingerprint density at radius 1 is 1.14 bits per heavy atom. The maximum absolute atomic E-state index is 12.7. The molecular formula is C11H10F2S. The number of rotatable bonds is 1. The Balaban J connectivity index is 2.85. The molecule has 1 heterocycles. The van der Waals surface area contributed by atoms with Crippen molar-refractivity contribution in [3.8, 4) is 0 Å². The molecular weight excluding hydrogens is 202 g/mol. The average molecular weight is 212 g/mol. The molecule has 0 radical (unpaired) electrons. The molecule has 1 aromatic heterocycles. The van der Waals surface area contributed by atoms with Gasteiger partial charge in [-0.15, -0.1) is 11.3 Å². The van der Waals surface area contributed by atoms with Gasteiger partial charge in [-0.25, -0.2) is 8.78 Å². The normalized spacial score (nSPS) is 11.5. The third kappa shape index (κ3) is 1.32. The SMILES string of the molecule is Cc1ccc(C(F)F)c2c(C)csc12. The quantitative estimate of drug-likeness (QED) is 0.654. The zero-order valence-electron chi connectivity index (χ0n) is 7.97. The van der Waals surface area contributed by atoms with E-state index in [4.69, 9.17) is 0 Å². The summed E-state index contributed by atoms with van der Waals surface area (Å²) >= 11 is 1.54. The monoisotopic (exact) mass is 212 g/mol. The number of fused-ring (bicyclic) bond motifs is 1. The topological polar surface area (TPSA) is 0 Å². The summed E-state index contributed by atoms with van der Waals surface area (Å²) < 4.78 is 26.4. The lowest BCUT2D eigenvalue weighted by molar-refractivity contribution is 0.153. The van der Waals surface area contributed by atoms with E-state index in [1.165, 1.54) is 17.4 Å². The molecule has 0 atom stereocenters. The molecule has 0 nitrogen and oxygen atoms in total. The van der Waals surface area contributed by atoms with Crippen LogP contribution in [0.3, 0.4) is 0 Å². The van der Waals surface area contributed by atoms with Gasteiger partial charge in [0.2, 0.25) is 0 Å². The van der Waals surface area contributed by atoms with Crippen molar-refractivity contribution in [3.63, 3.8) is 0 Å². The summed E-state index contributed by atoms with van der Waals surface area (Å²) in [7, 11) is 0. The van der Waals surface area contributed by atoms with E-state index >= 15 is 0 Å². The van der Waals surface area contributed by atoms with Gasteiger partial charge in [0.05, 0.1) is 0 Å². The van der Waals surface area contributed by atoms with Gasteiger partial charge in [-0.2, -0.15) is 0 Å². The van der Waals surface area contributed by atoms with Gasteiger partial charge in [0.25, 0.3) is 6.43 Å². The second-order valence-corrected chi connectivity index (χ2v) is 4.27. The van der Waals surface area contributed by atoms with E-state index in [-0.39, 0.29) is 5.56 Å². The molecule has 1 aromatic carbocycles. The maximum atomic E-state index is 12.7. The van der Waals surface area contributed by atoms with E-state index in [9.17, 15) is 8.78 Å². The van der Waals surface area contributed by atoms with Crippen molar-refractivity contribution >= 4 is 21.4 Å². The van der Waals surface area contributed by atoms with Crippen molar-refractivity contribution in [2.75, 3.05) is 0 Å². The Bertz CT molecular complexity index is 471. The first kappa shape index (κ1) is 9.59. The molecule has 2 rings (SSSR count). The number of thiophene rings is 1. The molecule has 0 saturated heterocycles. The Kier molecular flexibility index (Phi) is 2.27. The minimum absolute atomic E-state index is 0.157. The Morgan fingerprint density at radius 3 is 2.50 bits per heavy atom. The highest BCUT2D eigenvalue weighted by atomic mass is 32.1. The van der Waals surface area contributed by atoms with Crippen LogP contribution < -0.4 is 0 Å². The number of aryl methyl sites for hydroxylation is 2. The second-order valence-electron chi connectivity index (χ2n) is 3.40. The molecule has 2 aromatic rings. The van der Waals surface area contributed by atoms with Crippen molar-refractivity contribution in [2.45, 2.75) is 20.3 Å². The van der Waals surface area contributed by atoms with Crippen LogP contribution in [-0.2, 0) is 0 Å². The van der Waals surface area contributed by atoms with Crippen molar-refractivity contribution in [1.29, 1.82) is 0 Å². The number of hydrogen-bond acceptors (Lipinski definition) is 1. The molecule has 0 fully saturated rings. The molecule has 0 bridgehead atoms. The van der Waals surface area contributed by atoms with Crippen molar-refractivity contribution in [1.82, 2.24) is 0 Å². The fourth-order valence-corrected chi connectivity index (χ4v) is 2.71. The number of benzene rings is 1. The summed E-state index contributed by atoms with van der Waals surface area (Å²) in [5.74, 6) is 0. The van der Waals surface area contributed by atoms with Crippen LogP contribution in [-0.4, -0.2) is 0 Å². The average Bonchev–Trinajstić information content (AvgIpc) is 2.50. The van der Waals surface area contributed by atoms with Crippen molar-refractivity contribution in [3.05, 3.63) is 34.2 Å². The predicted molar refractivity (Wildman–Crippen MR) is 56.3 cm³/mol. The second kappa shape index (κ2) is 3.31. The molecule has 0 saturated carbocycles. The Morgan fingerprint density at radius 2 is 1.86 bits per heavy atom. The molecule has 0 unspecified atom stereocenters. The summed E-state index contributed by atoms with van der Waals surface area (Å²) in [5, 5.41) is 2.67. The lowest BCUT2D eigenvalue weighted by Gasteiger charge is -2.04. The van der Waals surface area contributed by atoms with Crippen LogP contribution >= 0.6 is 11.3 Å². The third-order valence-corrected chi connectivity index (χ3v) is 3.60. The first-order chi connectivity index (χ1) is 6.61. The van der Waals surface area contributed by atoms with Gasteiger partial charge in [0.1, 0.15) is 0 Å². The van der Waals surface area contributed by atoms with E-state index in [0.717, 1.165) is 21.2 Å². The van der Waals surface area contributed by atoms with Crippen molar-refractivity contribution in [2.24, 2.45) is 0 Å². The van der Waals surface area contributed by atoms with Gasteiger partial charge in [-0.1, -0.05) is 12.1 Å². The highest BCUT2D eigenvalue weighted by Gasteiger charge is 2.15. The zero-order valence-corrected chi connectivity index (χ0v) is 8.79. The molecule has 0 aliphatic heterocycles. The minimum Gasteiger partial charge on any atom is -0.205 e. The van der Waals surface area contributed by atoms with Gasteiger partial charge in [-0.05, 0) is 30.4 Å². The summed E-state index contributed by atoms with van der Waals surface area (Å²) in [4.78, 5) is 0. The molecule has 74 valence electrons. The van der Waals surface area contributed by atoms with Crippen LogP contribution in [0.15, 0.2) is 17.5 Å². The van der Waals surface area contributed by atoms with Crippen LogP contribution in [0.5, 0.6) is 0 Å². The van der Waals surface area contributed by atoms with Crippen LogP contribution in [0, 0.1) is 13.8 Å². The Labute approximate surface area is 85.2 Å². The van der Waals surface area contributed by atoms with Gasteiger partial charge < -0.3 is 0 Å². The third-order valence-electron chi connectivity index (χ3n) is 2.37. The molecule has 14 heavy (non-hydrogen) atoms. The fourth-order valence-electron chi connectivity index (χ4n) is 1.65. The van der Waals surface area contributed by atoms with E-state index in [1.807, 2.05) is 19.2 Å². The van der Waals surface area contributed by atoms with Crippen LogP contribution in [0.1, 0.15) is 23.1 Å². The largest absolute Gasteiger partial charge is 0.264 e. The van der Waals surface area contributed by atoms with E-state index in [1.54, 1.807) is 6.07 Å². The van der Waals surface area contributed by atoms with Gasteiger partial charge in [0.15, 0.2) is 0 Å². The molecule has 3 heteroatoms. The summed E-state index contributed by atoms with van der Waals surface area (Å²) in [5.41, 5.74) is 2.18. The molecule has 0 N–H and O–H groups in total. The summed E-state index contributed by atoms with van der Waals surface area (Å²) in [6.45, 7) is 3.83. The van der Waals surface area contributed by atoms with Crippen LogP contribution in [0.2, 0.25) is 0 Å². The molecule has 0 amide bonds. The Hall–Kier alpha value is -0.960. The smallest absolute Gasteiger partial charge is 0.205 e. The lowest BCUT2D eigenvalue weighted by Crippen LogP contribution is -1.87. The van der Waals surface area contributed by atoms with Crippen LogP contribution in [0.4, 0.5) is 8.78 Å². The minimum atomic E-state index is -2.38. The molecule has 0 aliphatic carbocycles. The lowest BCUT2D eigenvalue weighted by atomic mass is 10.0. The number of hydrogen-bond donors (Lipinski definition) is 0. The van der Waals surface area contributed by atoms with E-state index in [0.29, 0.717) is 0 Å². The predicted octanol–water partition coefficient (Wildman–Crippen LogP) is 4.46. The first-order valence-corrected chi connectivity index (χ1v) is 5.24. The van der Waals surface area contributed by atoms with Gasteiger partial charge in [0, 0.05) is 15.6 Å². The molecule has 0 aliphatic rings. The highest BCUT2D eigenvalue weighted by Crippen LogP contribution is 2.35. The summed E-state index contributed by atoms with van der Waals surface area (Å²) in [6.07, 6.45) is -2.38.